The van der Waals surface area contributed by atoms with E-state index in [9.17, 15) is 4.79 Å². The Labute approximate surface area is 158 Å². The number of benzene rings is 2. The molecule has 0 bridgehead atoms. The lowest BCUT2D eigenvalue weighted by Crippen LogP contribution is -2.10. The van der Waals surface area contributed by atoms with Gasteiger partial charge in [-0.25, -0.2) is 4.79 Å². The summed E-state index contributed by atoms with van der Waals surface area (Å²) in [6.45, 7) is 11.7. The maximum Gasteiger partial charge on any atom is 0.338 e. The molecule has 3 rings (SSSR count). The second kappa shape index (κ2) is 7.19. The van der Waals surface area contributed by atoms with Crippen LogP contribution in [0.5, 0.6) is 5.75 Å². The predicted octanol–water partition coefficient (Wildman–Crippen LogP) is 5.18. The van der Waals surface area contributed by atoms with Crippen LogP contribution in [0.2, 0.25) is 0 Å². The summed E-state index contributed by atoms with van der Waals surface area (Å²) in [6.07, 6.45) is 0. The number of esters is 1. The van der Waals surface area contributed by atoms with Gasteiger partial charge in [0, 0.05) is 16.7 Å². The lowest BCUT2D eigenvalue weighted by atomic mass is 9.87. The van der Waals surface area contributed by atoms with E-state index in [-0.39, 0.29) is 5.41 Å². The van der Waals surface area contributed by atoms with Crippen LogP contribution in [0.4, 0.5) is 0 Å². The van der Waals surface area contributed by atoms with Crippen LogP contribution in [0.3, 0.4) is 0 Å². The summed E-state index contributed by atoms with van der Waals surface area (Å²) in [4.78, 5) is 11.6. The minimum absolute atomic E-state index is 0.0911. The number of aromatic nitrogens is 2. The van der Waals surface area contributed by atoms with E-state index < -0.39 is 5.97 Å². The van der Waals surface area contributed by atoms with Gasteiger partial charge >= 0.3 is 5.97 Å². The number of ether oxygens (including phenoxy) is 1. The van der Waals surface area contributed by atoms with Crippen LogP contribution in [0.25, 0.3) is 22.9 Å². The summed E-state index contributed by atoms with van der Waals surface area (Å²) < 4.78 is 11.0. The summed E-state index contributed by atoms with van der Waals surface area (Å²) in [5.41, 5.74) is 3.29. The maximum absolute atomic E-state index is 11.6. The minimum Gasteiger partial charge on any atom is -0.423 e. The monoisotopic (exact) mass is 362 g/mol. The highest BCUT2D eigenvalue weighted by Gasteiger charge is 2.15. The Bertz CT molecular complexity index is 962. The zero-order valence-corrected chi connectivity index (χ0v) is 15.9. The topological polar surface area (TPSA) is 65.2 Å². The smallest absolute Gasteiger partial charge is 0.338 e. The quantitative estimate of drug-likeness (QED) is 0.363. The zero-order chi connectivity index (χ0) is 19.6. The molecular weight excluding hydrogens is 340 g/mol. The SMILES string of the molecule is C=C(C)C(=O)Oc1ccc(-c2nnc(-c3ccc(C(C)(C)C)cc3)o2)cc1. The van der Waals surface area contributed by atoms with Crippen LogP contribution in [0, 0.1) is 0 Å². The molecule has 138 valence electrons. The molecule has 5 nitrogen and oxygen atoms in total. The van der Waals surface area contributed by atoms with E-state index in [4.69, 9.17) is 9.15 Å². The zero-order valence-electron chi connectivity index (χ0n) is 15.9. The molecule has 0 atom stereocenters. The molecule has 0 spiro atoms. The fraction of sp³-hybridized carbons (Fsp3) is 0.227. The van der Waals surface area contributed by atoms with Crippen molar-refractivity contribution < 1.29 is 13.9 Å². The summed E-state index contributed by atoms with van der Waals surface area (Å²) >= 11 is 0. The van der Waals surface area contributed by atoms with Crippen molar-refractivity contribution in [2.45, 2.75) is 33.1 Å². The third-order valence-corrected chi connectivity index (χ3v) is 4.08. The van der Waals surface area contributed by atoms with Crippen LogP contribution < -0.4 is 4.74 Å². The molecule has 27 heavy (non-hydrogen) atoms. The Balaban J connectivity index is 1.77. The molecule has 0 saturated heterocycles. The summed E-state index contributed by atoms with van der Waals surface area (Å²) in [5, 5.41) is 8.25. The van der Waals surface area contributed by atoms with Gasteiger partial charge in [0.05, 0.1) is 0 Å². The Hall–Kier alpha value is -3.21. The van der Waals surface area contributed by atoms with Crippen LogP contribution in [0.15, 0.2) is 65.1 Å². The van der Waals surface area contributed by atoms with Gasteiger partial charge < -0.3 is 9.15 Å². The first-order valence-electron chi connectivity index (χ1n) is 8.66. The van der Waals surface area contributed by atoms with Gasteiger partial charge in [-0.2, -0.15) is 0 Å². The summed E-state index contributed by atoms with van der Waals surface area (Å²) in [7, 11) is 0. The van der Waals surface area contributed by atoms with Gasteiger partial charge in [0.2, 0.25) is 11.8 Å². The number of rotatable bonds is 4. The second-order valence-corrected chi connectivity index (χ2v) is 7.43. The van der Waals surface area contributed by atoms with Gasteiger partial charge in [-0.3, -0.25) is 0 Å². The molecule has 0 radical (unpaired) electrons. The van der Waals surface area contributed by atoms with Crippen LogP contribution in [0.1, 0.15) is 33.3 Å². The number of carbonyl (C=O) groups excluding carboxylic acids is 1. The van der Waals surface area contributed by atoms with Crippen molar-refractivity contribution in [2.75, 3.05) is 0 Å². The summed E-state index contributed by atoms with van der Waals surface area (Å²) in [5.74, 6) is 0.844. The van der Waals surface area contributed by atoms with Crippen molar-refractivity contribution >= 4 is 5.97 Å². The van der Waals surface area contributed by atoms with Crippen molar-refractivity contribution in [3.63, 3.8) is 0 Å². The van der Waals surface area contributed by atoms with Gasteiger partial charge in [0.15, 0.2) is 0 Å². The van der Waals surface area contributed by atoms with Gasteiger partial charge in [-0.15, -0.1) is 10.2 Å². The van der Waals surface area contributed by atoms with E-state index in [1.165, 1.54) is 5.56 Å². The van der Waals surface area contributed by atoms with E-state index in [1.54, 1.807) is 31.2 Å². The fourth-order valence-electron chi connectivity index (χ4n) is 2.43. The first kappa shape index (κ1) is 18.6. The maximum atomic E-state index is 11.6. The normalized spacial score (nSPS) is 11.3. The minimum atomic E-state index is -0.457. The third-order valence-electron chi connectivity index (χ3n) is 4.08. The molecule has 2 aromatic carbocycles. The average molecular weight is 362 g/mol. The molecule has 0 fully saturated rings. The van der Waals surface area contributed by atoms with Gasteiger partial charge in [-0.1, -0.05) is 39.5 Å². The summed E-state index contributed by atoms with van der Waals surface area (Å²) in [6, 6.07) is 15.0. The molecular formula is C22H22N2O3. The molecule has 0 aliphatic rings. The van der Waals surface area contributed by atoms with Crippen molar-refractivity contribution in [3.05, 3.63) is 66.2 Å². The molecule has 0 N–H and O–H groups in total. The number of carbonyl (C=O) groups is 1. The molecule has 3 aromatic rings. The molecule has 0 unspecified atom stereocenters. The molecule has 1 heterocycles. The average Bonchev–Trinajstić information content (AvgIpc) is 3.12. The van der Waals surface area contributed by atoms with E-state index in [0.29, 0.717) is 23.1 Å². The highest BCUT2D eigenvalue weighted by molar-refractivity contribution is 5.88. The van der Waals surface area contributed by atoms with Crippen molar-refractivity contribution in [3.8, 4) is 28.7 Å². The Morgan fingerprint density at radius 3 is 1.85 bits per heavy atom. The molecule has 0 amide bonds. The molecule has 0 aliphatic carbocycles. The lowest BCUT2D eigenvalue weighted by molar-refractivity contribution is -0.130. The molecule has 0 saturated carbocycles. The van der Waals surface area contributed by atoms with E-state index in [0.717, 1.165) is 11.1 Å². The van der Waals surface area contributed by atoms with Crippen molar-refractivity contribution in [1.82, 2.24) is 10.2 Å². The molecule has 1 aromatic heterocycles. The van der Waals surface area contributed by atoms with E-state index >= 15 is 0 Å². The largest absolute Gasteiger partial charge is 0.423 e. The van der Waals surface area contributed by atoms with Crippen molar-refractivity contribution in [1.29, 1.82) is 0 Å². The van der Waals surface area contributed by atoms with E-state index in [2.05, 4.69) is 49.7 Å². The van der Waals surface area contributed by atoms with Gasteiger partial charge in [-0.05, 0) is 54.3 Å². The van der Waals surface area contributed by atoms with E-state index in [1.807, 2.05) is 12.1 Å². The fourth-order valence-corrected chi connectivity index (χ4v) is 2.43. The Morgan fingerprint density at radius 1 is 0.926 bits per heavy atom. The number of nitrogens with zero attached hydrogens (tertiary/aromatic N) is 2. The van der Waals surface area contributed by atoms with Crippen molar-refractivity contribution in [2.24, 2.45) is 0 Å². The standard InChI is InChI=1S/C22H22N2O3/c1-14(2)21(25)26-18-12-8-16(9-13-18)20-24-23-19(27-20)15-6-10-17(11-7-15)22(3,4)5/h6-13H,1H2,2-5H3. The highest BCUT2D eigenvalue weighted by Crippen LogP contribution is 2.28. The Morgan fingerprint density at radius 2 is 1.41 bits per heavy atom. The molecule has 5 heteroatoms. The van der Waals surface area contributed by atoms with Crippen LogP contribution in [-0.2, 0) is 10.2 Å². The first-order valence-corrected chi connectivity index (χ1v) is 8.66. The predicted molar refractivity (Wildman–Crippen MR) is 104 cm³/mol. The lowest BCUT2D eigenvalue weighted by Gasteiger charge is -2.18. The van der Waals surface area contributed by atoms with Gasteiger partial charge in [0.25, 0.3) is 0 Å². The highest BCUT2D eigenvalue weighted by atomic mass is 16.5. The van der Waals surface area contributed by atoms with Crippen LogP contribution >= 0.6 is 0 Å². The second-order valence-electron chi connectivity index (χ2n) is 7.43. The van der Waals surface area contributed by atoms with Crippen LogP contribution in [-0.4, -0.2) is 16.2 Å². The number of hydrogen-bond donors (Lipinski definition) is 0. The van der Waals surface area contributed by atoms with Gasteiger partial charge in [0.1, 0.15) is 5.75 Å². The Kier molecular flexibility index (Phi) is 4.95. The first-order chi connectivity index (χ1) is 12.7. The molecule has 0 aliphatic heterocycles. The third kappa shape index (κ3) is 4.31. The number of hydrogen-bond acceptors (Lipinski definition) is 5.